The Kier molecular flexibility index (Phi) is 7.90. The Labute approximate surface area is 127 Å². The standard InChI is InChI=1S/C7H20Si2.C2H3F3O5S2/c1-8(2,3)7-9(4,5)6;1-11(6,7)10-12(8,9)2(3,4)5/h7H2,1-6H3;1H3. The number of hydrogen-bond donors (Lipinski definition) is 0. The molecule has 21 heavy (non-hydrogen) atoms. The van der Waals surface area contributed by atoms with Crippen molar-refractivity contribution in [2.75, 3.05) is 6.26 Å². The molecule has 0 unspecified atom stereocenters. The molecule has 0 rings (SSSR count). The van der Waals surface area contributed by atoms with Crippen molar-refractivity contribution in [3.63, 3.8) is 0 Å². The second kappa shape index (κ2) is 7.11. The predicted molar refractivity (Wildman–Crippen MR) is 82.4 cm³/mol. The molecule has 12 heteroatoms. The van der Waals surface area contributed by atoms with Gasteiger partial charge in [-0.3, -0.25) is 0 Å². The predicted octanol–water partition coefficient (Wildman–Crippen LogP) is 3.01. The Hall–Kier alpha value is 0.0838. The van der Waals surface area contributed by atoms with E-state index in [4.69, 9.17) is 0 Å². The van der Waals surface area contributed by atoms with E-state index in [9.17, 15) is 30.0 Å². The second-order valence-electron chi connectivity index (χ2n) is 6.97. The van der Waals surface area contributed by atoms with E-state index in [1.807, 2.05) is 0 Å². The fourth-order valence-corrected chi connectivity index (χ4v) is 16.1. The van der Waals surface area contributed by atoms with Gasteiger partial charge in [-0.15, -0.1) is 3.63 Å². The zero-order valence-corrected chi connectivity index (χ0v) is 16.8. The molecular weight excluding hydrogens is 365 g/mol. The molecule has 130 valence electrons. The largest absolute Gasteiger partial charge is 0.524 e. The smallest absolute Gasteiger partial charge is 0.199 e. The Morgan fingerprint density at radius 3 is 1.19 bits per heavy atom. The van der Waals surface area contributed by atoms with Crippen molar-refractivity contribution in [1.29, 1.82) is 0 Å². The normalized spacial score (nSPS) is 14.4. The van der Waals surface area contributed by atoms with Crippen molar-refractivity contribution in [3.8, 4) is 0 Å². The summed E-state index contributed by atoms with van der Waals surface area (Å²) in [5.74, 6) is 0. The molecule has 0 aliphatic rings. The summed E-state index contributed by atoms with van der Waals surface area (Å²) in [5, 5.41) is 0. The highest BCUT2D eigenvalue weighted by Crippen LogP contribution is 2.25. The van der Waals surface area contributed by atoms with Crippen molar-refractivity contribution in [2.45, 2.75) is 50.5 Å². The van der Waals surface area contributed by atoms with Crippen LogP contribution in [0.15, 0.2) is 0 Å². The molecule has 0 radical (unpaired) electrons. The van der Waals surface area contributed by atoms with Crippen molar-refractivity contribution in [3.05, 3.63) is 0 Å². The lowest BCUT2D eigenvalue weighted by Gasteiger charge is -2.25. The average molecular weight is 389 g/mol. The number of rotatable bonds is 4. The molecule has 5 nitrogen and oxygen atoms in total. The fourth-order valence-electron chi connectivity index (χ4n) is 1.79. The van der Waals surface area contributed by atoms with Crippen LogP contribution in [-0.2, 0) is 23.9 Å². The molecule has 0 saturated heterocycles. The molecule has 0 bridgehead atoms. The first-order valence-electron chi connectivity index (χ1n) is 5.89. The number of halogens is 3. The third kappa shape index (κ3) is 14.8. The maximum absolute atomic E-state index is 11.4. The topological polar surface area (TPSA) is 77.5 Å². The highest BCUT2D eigenvalue weighted by Gasteiger charge is 2.49. The summed E-state index contributed by atoms with van der Waals surface area (Å²) in [5.41, 5.74) is -4.16. The summed E-state index contributed by atoms with van der Waals surface area (Å²) in [6, 6.07) is 0. The van der Waals surface area contributed by atoms with E-state index in [1.165, 1.54) is 0 Å². The van der Waals surface area contributed by atoms with Gasteiger partial charge in [-0.1, -0.05) is 44.9 Å². The average Bonchev–Trinajstić information content (AvgIpc) is 1.87. The van der Waals surface area contributed by atoms with E-state index < -0.39 is 41.9 Å². The van der Waals surface area contributed by atoms with Crippen molar-refractivity contribution < 1.29 is 33.6 Å². The molecule has 0 spiro atoms. The number of hydrogen-bond acceptors (Lipinski definition) is 5. The molecule has 0 aromatic rings. The van der Waals surface area contributed by atoms with E-state index in [1.54, 1.807) is 5.67 Å². The molecule has 0 amide bonds. The maximum Gasteiger partial charge on any atom is 0.524 e. The van der Waals surface area contributed by atoms with Crippen LogP contribution < -0.4 is 0 Å². The van der Waals surface area contributed by atoms with Gasteiger partial charge in [0.05, 0.1) is 6.26 Å². The van der Waals surface area contributed by atoms with Crippen LogP contribution in [0, 0.1) is 0 Å². The second-order valence-corrected chi connectivity index (χ2v) is 22.0. The van der Waals surface area contributed by atoms with Gasteiger partial charge in [0.25, 0.3) is 10.1 Å². The van der Waals surface area contributed by atoms with Crippen LogP contribution in [0.2, 0.25) is 44.9 Å². The van der Waals surface area contributed by atoms with Crippen molar-refractivity contribution in [1.82, 2.24) is 0 Å². The molecule has 0 aromatic carbocycles. The summed E-state index contributed by atoms with van der Waals surface area (Å²) in [4.78, 5) is 0. The minimum absolute atomic E-state index is 0.191. The van der Waals surface area contributed by atoms with Gasteiger partial charge in [0.1, 0.15) is 0 Å². The first kappa shape index (κ1) is 23.4. The van der Waals surface area contributed by atoms with E-state index in [0.29, 0.717) is 0 Å². The van der Waals surface area contributed by atoms with Crippen LogP contribution in [-0.4, -0.2) is 44.7 Å². The van der Waals surface area contributed by atoms with Gasteiger partial charge >= 0.3 is 15.6 Å². The first-order valence-corrected chi connectivity index (χ1v) is 16.5. The third-order valence-corrected chi connectivity index (χ3v) is 12.3. The lowest BCUT2D eigenvalue weighted by Crippen LogP contribution is -2.34. The molecule has 0 fully saturated rings. The Bertz CT molecular complexity index is 515. The van der Waals surface area contributed by atoms with Crippen LogP contribution in [0.25, 0.3) is 0 Å². The highest BCUT2D eigenvalue weighted by molar-refractivity contribution is 7.99. The first-order chi connectivity index (χ1) is 8.66. The molecule has 0 aliphatic carbocycles. The van der Waals surface area contributed by atoms with Crippen LogP contribution >= 0.6 is 0 Å². The molecular formula is C9H23F3O5S2Si2. The van der Waals surface area contributed by atoms with Gasteiger partial charge in [0, 0.05) is 16.1 Å². The molecule has 0 aromatic heterocycles. The van der Waals surface area contributed by atoms with Crippen molar-refractivity contribution in [2.24, 2.45) is 0 Å². The van der Waals surface area contributed by atoms with E-state index >= 15 is 0 Å². The quantitative estimate of drug-likeness (QED) is 0.546. The lowest BCUT2D eigenvalue weighted by molar-refractivity contribution is -0.0498. The van der Waals surface area contributed by atoms with E-state index in [0.717, 1.165) is 0 Å². The van der Waals surface area contributed by atoms with Crippen LogP contribution in [0.4, 0.5) is 13.2 Å². The minimum Gasteiger partial charge on any atom is -0.199 e. The monoisotopic (exact) mass is 388 g/mol. The summed E-state index contributed by atoms with van der Waals surface area (Å²) in [7, 11) is -12.2. The lowest BCUT2D eigenvalue weighted by atomic mass is 11.6. The van der Waals surface area contributed by atoms with Crippen LogP contribution in [0.3, 0.4) is 0 Å². The Balaban J connectivity index is 0. The molecule has 0 heterocycles. The zero-order valence-electron chi connectivity index (χ0n) is 13.2. The van der Waals surface area contributed by atoms with Gasteiger partial charge in [-0.05, 0) is 0 Å². The molecule has 0 atom stereocenters. The summed E-state index contributed by atoms with van der Waals surface area (Å²) in [6.45, 7) is 14.8. The highest BCUT2D eigenvalue weighted by atomic mass is 32.3. The van der Waals surface area contributed by atoms with Gasteiger partial charge < -0.3 is 0 Å². The Morgan fingerprint density at radius 2 is 1.14 bits per heavy atom. The van der Waals surface area contributed by atoms with Gasteiger partial charge in [-0.25, -0.2) is 0 Å². The molecule has 0 N–H and O–H groups in total. The van der Waals surface area contributed by atoms with Gasteiger partial charge in [0.2, 0.25) is 0 Å². The minimum atomic E-state index is -6.04. The maximum atomic E-state index is 11.4. The molecule has 0 aliphatic heterocycles. The molecule has 0 saturated carbocycles. The van der Waals surface area contributed by atoms with E-state index in [-0.39, 0.29) is 6.26 Å². The van der Waals surface area contributed by atoms with Crippen LogP contribution in [0.5, 0.6) is 0 Å². The Morgan fingerprint density at radius 1 is 0.857 bits per heavy atom. The summed E-state index contributed by atoms with van der Waals surface area (Å²) < 4.78 is 76.8. The van der Waals surface area contributed by atoms with Gasteiger partial charge in [-0.2, -0.15) is 30.0 Å². The fraction of sp³-hybridized carbons (Fsp3) is 1.00. The number of alkyl halides is 3. The van der Waals surface area contributed by atoms with Gasteiger partial charge in [0.15, 0.2) is 0 Å². The van der Waals surface area contributed by atoms with Crippen molar-refractivity contribution >= 4 is 36.4 Å². The van der Waals surface area contributed by atoms with Crippen LogP contribution in [0.1, 0.15) is 0 Å². The zero-order chi connectivity index (χ0) is 17.9. The third-order valence-electron chi connectivity index (χ3n) is 1.56. The summed E-state index contributed by atoms with van der Waals surface area (Å²) in [6.07, 6.45) is 0.191. The summed E-state index contributed by atoms with van der Waals surface area (Å²) >= 11 is 0. The van der Waals surface area contributed by atoms with E-state index in [2.05, 4.69) is 42.9 Å². The SMILES string of the molecule is CS(=O)(=O)OS(=O)(=O)C(F)(F)F.C[Si](C)(C)C[Si](C)(C)C.